The highest BCUT2D eigenvalue weighted by Crippen LogP contribution is 2.31. The Morgan fingerprint density at radius 3 is 2.67 bits per heavy atom. The normalized spacial score (nSPS) is 24.6. The lowest BCUT2D eigenvalue weighted by atomic mass is 9.96. The number of hydrogen-bond donors (Lipinski definition) is 1. The molecule has 0 aliphatic heterocycles. The predicted octanol–water partition coefficient (Wildman–Crippen LogP) is 2.75. The van der Waals surface area contributed by atoms with Crippen LogP contribution in [-0.4, -0.2) is 26.0 Å². The molecule has 4 nitrogen and oxygen atoms in total. The Hall–Kier alpha value is -1.07. The standard InChI is InChI=1S/C16H25NO3S/c1-11-7-8-15(12(2)17)16(9-11)20-13-5-4-6-14(10-13)21(3,18)19/h7-9,12-14H,4-6,10,17H2,1-3H3/t12-,13?,14?/m1/s1. The lowest BCUT2D eigenvalue weighted by molar-refractivity contribution is 0.154. The van der Waals surface area contributed by atoms with Crippen LogP contribution in [0.4, 0.5) is 0 Å². The van der Waals surface area contributed by atoms with Gasteiger partial charge in [0, 0.05) is 24.3 Å². The molecule has 21 heavy (non-hydrogen) atoms. The first kappa shape index (κ1) is 16.3. The van der Waals surface area contributed by atoms with Gasteiger partial charge in [0.25, 0.3) is 0 Å². The number of aryl methyl sites for hydroxylation is 1. The van der Waals surface area contributed by atoms with Crippen molar-refractivity contribution in [3.05, 3.63) is 29.3 Å². The van der Waals surface area contributed by atoms with Crippen molar-refractivity contribution in [1.29, 1.82) is 0 Å². The van der Waals surface area contributed by atoms with Crippen molar-refractivity contribution in [3.63, 3.8) is 0 Å². The highest BCUT2D eigenvalue weighted by atomic mass is 32.2. The predicted molar refractivity (Wildman–Crippen MR) is 85.3 cm³/mol. The summed E-state index contributed by atoms with van der Waals surface area (Å²) in [4.78, 5) is 0. The van der Waals surface area contributed by atoms with E-state index in [2.05, 4.69) is 0 Å². The van der Waals surface area contributed by atoms with Gasteiger partial charge < -0.3 is 10.5 Å². The summed E-state index contributed by atoms with van der Waals surface area (Å²) in [6.45, 7) is 3.94. The Labute approximate surface area is 127 Å². The van der Waals surface area contributed by atoms with E-state index in [4.69, 9.17) is 10.5 Å². The molecule has 1 aliphatic rings. The number of nitrogens with two attached hydrogens (primary N) is 1. The van der Waals surface area contributed by atoms with E-state index >= 15 is 0 Å². The minimum Gasteiger partial charge on any atom is -0.490 e. The average Bonchev–Trinajstić information content (AvgIpc) is 2.37. The quantitative estimate of drug-likeness (QED) is 0.928. The molecule has 1 aromatic rings. The van der Waals surface area contributed by atoms with E-state index in [9.17, 15) is 8.42 Å². The van der Waals surface area contributed by atoms with Crippen LogP contribution in [0, 0.1) is 6.92 Å². The molecular formula is C16H25NO3S. The smallest absolute Gasteiger partial charge is 0.150 e. The van der Waals surface area contributed by atoms with E-state index in [1.807, 2.05) is 32.0 Å². The van der Waals surface area contributed by atoms with Crippen molar-refractivity contribution in [2.75, 3.05) is 6.26 Å². The second kappa shape index (κ2) is 6.36. The van der Waals surface area contributed by atoms with Gasteiger partial charge in [-0.25, -0.2) is 8.42 Å². The van der Waals surface area contributed by atoms with Crippen LogP contribution in [0.1, 0.15) is 49.8 Å². The zero-order valence-electron chi connectivity index (χ0n) is 13.0. The van der Waals surface area contributed by atoms with Gasteiger partial charge in [0.1, 0.15) is 15.6 Å². The number of sulfone groups is 1. The molecule has 2 unspecified atom stereocenters. The van der Waals surface area contributed by atoms with Gasteiger partial charge in [0.15, 0.2) is 0 Å². The molecule has 0 amide bonds. The summed E-state index contributed by atoms with van der Waals surface area (Å²) >= 11 is 0. The fourth-order valence-electron chi connectivity index (χ4n) is 2.90. The topological polar surface area (TPSA) is 69.4 Å². The first-order valence-corrected chi connectivity index (χ1v) is 9.44. The molecule has 0 spiro atoms. The highest BCUT2D eigenvalue weighted by molar-refractivity contribution is 7.91. The first-order chi connectivity index (χ1) is 9.77. The fourth-order valence-corrected chi connectivity index (χ4v) is 4.06. The maximum Gasteiger partial charge on any atom is 0.150 e. The van der Waals surface area contributed by atoms with Gasteiger partial charge in [-0.3, -0.25) is 0 Å². The maximum absolute atomic E-state index is 11.7. The van der Waals surface area contributed by atoms with Gasteiger partial charge in [-0.1, -0.05) is 12.1 Å². The summed E-state index contributed by atoms with van der Waals surface area (Å²) in [5.74, 6) is 0.796. The van der Waals surface area contributed by atoms with Crippen molar-refractivity contribution in [1.82, 2.24) is 0 Å². The Morgan fingerprint density at radius 1 is 1.33 bits per heavy atom. The first-order valence-electron chi connectivity index (χ1n) is 7.49. The average molecular weight is 311 g/mol. The van der Waals surface area contributed by atoms with Gasteiger partial charge in [0.2, 0.25) is 0 Å². The third-order valence-electron chi connectivity index (χ3n) is 4.14. The van der Waals surface area contributed by atoms with Crippen LogP contribution in [0.2, 0.25) is 0 Å². The minimum absolute atomic E-state index is 0.0437. The third kappa shape index (κ3) is 4.20. The van der Waals surface area contributed by atoms with Gasteiger partial charge in [0.05, 0.1) is 11.4 Å². The van der Waals surface area contributed by atoms with Crippen molar-refractivity contribution in [2.45, 2.75) is 56.9 Å². The van der Waals surface area contributed by atoms with E-state index < -0.39 is 9.84 Å². The molecule has 2 rings (SSSR count). The Balaban J connectivity index is 2.16. The van der Waals surface area contributed by atoms with Crippen LogP contribution in [0.25, 0.3) is 0 Å². The third-order valence-corrected chi connectivity index (χ3v) is 5.78. The van der Waals surface area contributed by atoms with Crippen LogP contribution in [0.3, 0.4) is 0 Å². The molecule has 1 aliphatic carbocycles. The van der Waals surface area contributed by atoms with Gasteiger partial charge >= 0.3 is 0 Å². The number of hydrogen-bond acceptors (Lipinski definition) is 4. The SMILES string of the molecule is Cc1ccc([C@@H](C)N)c(OC2CCCC(S(C)(=O)=O)C2)c1. The second-order valence-corrected chi connectivity index (χ2v) is 8.51. The van der Waals surface area contributed by atoms with Crippen molar-refractivity contribution in [2.24, 2.45) is 5.73 Å². The molecule has 0 radical (unpaired) electrons. The van der Waals surface area contributed by atoms with Gasteiger partial charge in [-0.15, -0.1) is 0 Å². The molecular weight excluding hydrogens is 286 g/mol. The molecule has 2 N–H and O–H groups in total. The largest absolute Gasteiger partial charge is 0.490 e. The Kier molecular flexibility index (Phi) is 4.94. The molecule has 1 saturated carbocycles. The van der Waals surface area contributed by atoms with Crippen molar-refractivity contribution in [3.8, 4) is 5.75 Å². The van der Waals surface area contributed by atoms with Crippen molar-refractivity contribution < 1.29 is 13.2 Å². The molecule has 0 saturated heterocycles. The van der Waals surface area contributed by atoms with Crippen molar-refractivity contribution >= 4 is 9.84 Å². The van der Waals surface area contributed by atoms with Crippen LogP contribution < -0.4 is 10.5 Å². The number of benzene rings is 1. The Morgan fingerprint density at radius 2 is 2.05 bits per heavy atom. The van der Waals surface area contributed by atoms with Crippen LogP contribution in [0.5, 0.6) is 5.75 Å². The van der Waals surface area contributed by atoms with E-state index in [0.29, 0.717) is 6.42 Å². The Bertz CT molecular complexity index is 596. The lowest BCUT2D eigenvalue weighted by Gasteiger charge is -2.29. The molecule has 0 bridgehead atoms. The zero-order chi connectivity index (χ0) is 15.6. The van der Waals surface area contributed by atoms with E-state index in [1.165, 1.54) is 6.26 Å². The van der Waals surface area contributed by atoms with E-state index in [0.717, 1.165) is 36.1 Å². The second-order valence-electron chi connectivity index (χ2n) is 6.19. The molecule has 118 valence electrons. The van der Waals surface area contributed by atoms with Crippen LogP contribution in [0.15, 0.2) is 18.2 Å². The molecule has 0 heterocycles. The zero-order valence-corrected chi connectivity index (χ0v) is 13.8. The molecule has 0 aromatic heterocycles. The molecule has 1 fully saturated rings. The van der Waals surface area contributed by atoms with Gasteiger partial charge in [-0.05, 0) is 44.7 Å². The summed E-state index contributed by atoms with van der Waals surface area (Å²) in [6, 6.07) is 5.90. The summed E-state index contributed by atoms with van der Waals surface area (Å²) in [5, 5.41) is -0.278. The fraction of sp³-hybridized carbons (Fsp3) is 0.625. The maximum atomic E-state index is 11.7. The highest BCUT2D eigenvalue weighted by Gasteiger charge is 2.30. The van der Waals surface area contributed by atoms with E-state index in [1.54, 1.807) is 0 Å². The summed E-state index contributed by atoms with van der Waals surface area (Å²) in [5.41, 5.74) is 8.08. The van der Waals surface area contributed by atoms with Crippen LogP contribution >= 0.6 is 0 Å². The summed E-state index contributed by atoms with van der Waals surface area (Å²) in [7, 11) is -2.99. The number of rotatable bonds is 4. The van der Waals surface area contributed by atoms with Crippen LogP contribution in [-0.2, 0) is 9.84 Å². The lowest BCUT2D eigenvalue weighted by Crippen LogP contribution is -2.33. The number of ether oxygens (including phenoxy) is 1. The molecule has 5 heteroatoms. The molecule has 3 atom stereocenters. The van der Waals surface area contributed by atoms with Gasteiger partial charge in [-0.2, -0.15) is 0 Å². The van der Waals surface area contributed by atoms with E-state index in [-0.39, 0.29) is 17.4 Å². The minimum atomic E-state index is -2.99. The summed E-state index contributed by atoms with van der Waals surface area (Å²) in [6.07, 6.45) is 4.38. The monoisotopic (exact) mass is 311 g/mol. The molecule has 1 aromatic carbocycles. The summed E-state index contributed by atoms with van der Waals surface area (Å²) < 4.78 is 29.6.